The lowest BCUT2D eigenvalue weighted by atomic mass is 9.96. The van der Waals surface area contributed by atoms with Crippen molar-refractivity contribution in [2.24, 2.45) is 0 Å². The molecule has 0 bridgehead atoms. The topological polar surface area (TPSA) is 0 Å². The van der Waals surface area contributed by atoms with E-state index in [4.69, 9.17) is 0 Å². The number of fused-ring (bicyclic) bond motifs is 3. The van der Waals surface area contributed by atoms with E-state index >= 15 is 0 Å². The molecule has 0 aliphatic heterocycles. The van der Waals surface area contributed by atoms with Crippen molar-refractivity contribution in [3.8, 4) is 22.3 Å². The standard InChI is InChI=1S/C19H13Br/c20-15-10-8-13(9-11-15)16-6-3-7-18-17-5-2-1-4-14(17)12-19(16)18/h1-11H,12H2. The Labute approximate surface area is 127 Å². The highest BCUT2D eigenvalue weighted by molar-refractivity contribution is 9.10. The van der Waals surface area contributed by atoms with E-state index in [2.05, 4.69) is 82.7 Å². The first-order valence-corrected chi connectivity index (χ1v) is 7.58. The fraction of sp³-hybridized carbons (Fsp3) is 0.0526. The maximum Gasteiger partial charge on any atom is 0.0175 e. The molecule has 0 unspecified atom stereocenters. The normalized spacial score (nSPS) is 12.1. The average molecular weight is 321 g/mol. The molecule has 1 aliphatic carbocycles. The van der Waals surface area contributed by atoms with E-state index in [0.29, 0.717) is 0 Å². The number of hydrogen-bond acceptors (Lipinski definition) is 0. The van der Waals surface area contributed by atoms with Gasteiger partial charge in [-0.2, -0.15) is 0 Å². The summed E-state index contributed by atoms with van der Waals surface area (Å²) >= 11 is 3.50. The second kappa shape index (κ2) is 4.60. The number of rotatable bonds is 1. The maximum absolute atomic E-state index is 3.50. The van der Waals surface area contributed by atoms with Crippen LogP contribution in [0.15, 0.2) is 71.2 Å². The minimum absolute atomic E-state index is 1.04. The molecule has 3 aromatic carbocycles. The van der Waals surface area contributed by atoms with E-state index < -0.39 is 0 Å². The van der Waals surface area contributed by atoms with Crippen LogP contribution in [0.2, 0.25) is 0 Å². The minimum atomic E-state index is 1.04. The Balaban J connectivity index is 1.91. The Bertz CT molecular complexity index is 785. The fourth-order valence-electron chi connectivity index (χ4n) is 3.06. The van der Waals surface area contributed by atoms with Gasteiger partial charge in [-0.1, -0.05) is 70.5 Å². The zero-order valence-corrected chi connectivity index (χ0v) is 12.5. The Morgan fingerprint density at radius 1 is 0.650 bits per heavy atom. The van der Waals surface area contributed by atoms with Crippen molar-refractivity contribution in [1.29, 1.82) is 0 Å². The first-order chi connectivity index (χ1) is 9.83. The van der Waals surface area contributed by atoms with Crippen LogP contribution in [0.5, 0.6) is 0 Å². The summed E-state index contributed by atoms with van der Waals surface area (Å²) in [6.07, 6.45) is 1.04. The van der Waals surface area contributed by atoms with Crippen LogP contribution < -0.4 is 0 Å². The summed E-state index contributed by atoms with van der Waals surface area (Å²) in [6.45, 7) is 0. The fourth-order valence-corrected chi connectivity index (χ4v) is 3.32. The lowest BCUT2D eigenvalue weighted by Crippen LogP contribution is -1.87. The van der Waals surface area contributed by atoms with Crippen molar-refractivity contribution in [3.05, 3.63) is 82.3 Å². The Morgan fingerprint density at radius 3 is 2.20 bits per heavy atom. The summed E-state index contributed by atoms with van der Waals surface area (Å²) in [4.78, 5) is 0. The third-order valence-electron chi connectivity index (χ3n) is 4.01. The zero-order valence-electron chi connectivity index (χ0n) is 10.9. The molecule has 0 spiro atoms. The summed E-state index contributed by atoms with van der Waals surface area (Å²) in [5, 5.41) is 0. The van der Waals surface area contributed by atoms with Crippen molar-refractivity contribution in [3.63, 3.8) is 0 Å². The molecular weight excluding hydrogens is 308 g/mol. The highest BCUT2D eigenvalue weighted by Gasteiger charge is 2.20. The quantitative estimate of drug-likeness (QED) is 0.423. The van der Waals surface area contributed by atoms with Crippen molar-refractivity contribution in [2.75, 3.05) is 0 Å². The van der Waals surface area contributed by atoms with E-state index in [-0.39, 0.29) is 0 Å². The van der Waals surface area contributed by atoms with Crippen LogP contribution in [-0.4, -0.2) is 0 Å². The summed E-state index contributed by atoms with van der Waals surface area (Å²) in [5.41, 5.74) is 8.31. The molecule has 0 saturated heterocycles. The highest BCUT2D eigenvalue weighted by atomic mass is 79.9. The highest BCUT2D eigenvalue weighted by Crippen LogP contribution is 2.41. The summed E-state index contributed by atoms with van der Waals surface area (Å²) < 4.78 is 1.12. The molecule has 0 amide bonds. The van der Waals surface area contributed by atoms with E-state index in [1.54, 1.807) is 0 Å². The molecule has 0 radical (unpaired) electrons. The molecule has 1 heteroatoms. The van der Waals surface area contributed by atoms with Crippen molar-refractivity contribution < 1.29 is 0 Å². The van der Waals surface area contributed by atoms with Crippen molar-refractivity contribution in [1.82, 2.24) is 0 Å². The monoisotopic (exact) mass is 320 g/mol. The van der Waals surface area contributed by atoms with E-state index in [9.17, 15) is 0 Å². The van der Waals surface area contributed by atoms with Gasteiger partial charge >= 0.3 is 0 Å². The molecule has 96 valence electrons. The molecule has 0 aromatic heterocycles. The number of hydrogen-bond donors (Lipinski definition) is 0. The molecule has 1 aliphatic rings. The number of benzene rings is 3. The van der Waals surface area contributed by atoms with Crippen LogP contribution in [-0.2, 0) is 6.42 Å². The molecule has 3 aromatic rings. The second-order valence-electron chi connectivity index (χ2n) is 5.17. The maximum atomic E-state index is 3.50. The van der Waals surface area contributed by atoms with Gasteiger partial charge in [0.05, 0.1) is 0 Å². The molecule has 0 N–H and O–H groups in total. The third kappa shape index (κ3) is 1.82. The van der Waals surface area contributed by atoms with Crippen LogP contribution in [0, 0.1) is 0 Å². The van der Waals surface area contributed by atoms with E-state index in [1.807, 2.05) is 0 Å². The van der Waals surface area contributed by atoms with Crippen molar-refractivity contribution in [2.45, 2.75) is 6.42 Å². The average Bonchev–Trinajstić information content (AvgIpc) is 2.87. The van der Waals surface area contributed by atoms with Gasteiger partial charge in [0.25, 0.3) is 0 Å². The first kappa shape index (κ1) is 11.9. The molecular formula is C19H13Br. The van der Waals surface area contributed by atoms with E-state index in [1.165, 1.54) is 33.4 Å². The zero-order chi connectivity index (χ0) is 13.5. The third-order valence-corrected chi connectivity index (χ3v) is 4.53. The lowest BCUT2D eigenvalue weighted by molar-refractivity contribution is 1.26. The van der Waals surface area contributed by atoms with Gasteiger partial charge < -0.3 is 0 Å². The van der Waals surface area contributed by atoms with Gasteiger partial charge in [-0.25, -0.2) is 0 Å². The summed E-state index contributed by atoms with van der Waals surface area (Å²) in [7, 11) is 0. The summed E-state index contributed by atoms with van der Waals surface area (Å²) in [6, 6.07) is 23.9. The van der Waals surface area contributed by atoms with Crippen LogP contribution in [0.3, 0.4) is 0 Å². The van der Waals surface area contributed by atoms with Gasteiger partial charge in [0.2, 0.25) is 0 Å². The van der Waals surface area contributed by atoms with Crippen LogP contribution in [0.1, 0.15) is 11.1 Å². The van der Waals surface area contributed by atoms with Gasteiger partial charge in [0, 0.05) is 4.47 Å². The predicted octanol–water partition coefficient (Wildman–Crippen LogP) is 5.69. The van der Waals surface area contributed by atoms with Gasteiger partial charge in [-0.05, 0) is 51.9 Å². The minimum Gasteiger partial charge on any atom is -0.0619 e. The molecule has 4 rings (SSSR count). The second-order valence-corrected chi connectivity index (χ2v) is 6.09. The predicted molar refractivity (Wildman–Crippen MR) is 87.8 cm³/mol. The number of halogens is 1. The summed E-state index contributed by atoms with van der Waals surface area (Å²) in [5.74, 6) is 0. The van der Waals surface area contributed by atoms with Crippen LogP contribution >= 0.6 is 15.9 Å². The van der Waals surface area contributed by atoms with Crippen LogP contribution in [0.4, 0.5) is 0 Å². The Hall–Kier alpha value is -1.86. The molecule has 0 atom stereocenters. The largest absolute Gasteiger partial charge is 0.0619 e. The molecule has 0 saturated carbocycles. The molecule has 0 fully saturated rings. The Kier molecular flexibility index (Phi) is 2.75. The van der Waals surface area contributed by atoms with Crippen molar-refractivity contribution >= 4 is 15.9 Å². The van der Waals surface area contributed by atoms with Crippen LogP contribution in [0.25, 0.3) is 22.3 Å². The Morgan fingerprint density at radius 2 is 1.35 bits per heavy atom. The van der Waals surface area contributed by atoms with Gasteiger partial charge in [0.1, 0.15) is 0 Å². The smallest absolute Gasteiger partial charge is 0.0175 e. The van der Waals surface area contributed by atoms with Gasteiger partial charge in [-0.3, -0.25) is 0 Å². The molecule has 20 heavy (non-hydrogen) atoms. The molecule has 0 heterocycles. The SMILES string of the molecule is Brc1ccc(-c2cccc3c2Cc2ccccc2-3)cc1. The first-order valence-electron chi connectivity index (χ1n) is 6.79. The molecule has 0 nitrogen and oxygen atoms in total. The van der Waals surface area contributed by atoms with Gasteiger partial charge in [-0.15, -0.1) is 0 Å². The van der Waals surface area contributed by atoms with Gasteiger partial charge in [0.15, 0.2) is 0 Å². The van der Waals surface area contributed by atoms with E-state index in [0.717, 1.165) is 10.9 Å². The lowest BCUT2D eigenvalue weighted by Gasteiger charge is -2.09.